The topological polar surface area (TPSA) is 49.4 Å². The van der Waals surface area contributed by atoms with Crippen LogP contribution in [-0.2, 0) is 11.0 Å². The number of likely N-dealkylation sites (tertiary alicyclic amines) is 1. The summed E-state index contributed by atoms with van der Waals surface area (Å²) in [7, 11) is 0. The Balaban J connectivity index is 2.11. The molecule has 0 spiro atoms. The van der Waals surface area contributed by atoms with Crippen molar-refractivity contribution in [3.8, 4) is 0 Å². The smallest absolute Gasteiger partial charge is 0.352 e. The fraction of sp³-hybridized carbons (Fsp3) is 0.529. The lowest BCUT2D eigenvalue weighted by molar-refractivity contribution is -0.140. The van der Waals surface area contributed by atoms with Crippen molar-refractivity contribution >= 4 is 11.8 Å². The van der Waals surface area contributed by atoms with Gasteiger partial charge in [0, 0.05) is 31.1 Å². The molecule has 1 saturated heterocycles. The summed E-state index contributed by atoms with van der Waals surface area (Å²) < 4.78 is 51.8. The minimum Gasteiger partial charge on any atom is -0.352 e. The molecule has 0 aromatic heterocycles. The lowest BCUT2D eigenvalue weighted by Crippen LogP contribution is -2.49. The number of alkyl halides is 3. The standard InChI is InChI=1S/C17H20F4N2O2/c1-2-4-15(24)22-12-5-3-8-23(10-12)16(25)11-6-7-14(18)13(9-11)17(19,20)21/h6-7,9,12H,2-5,8,10H2,1H3,(H,22,24). The van der Waals surface area contributed by atoms with Gasteiger partial charge in [-0.1, -0.05) is 6.92 Å². The molecule has 1 fully saturated rings. The monoisotopic (exact) mass is 360 g/mol. The summed E-state index contributed by atoms with van der Waals surface area (Å²) in [6, 6.07) is 2.02. The number of rotatable bonds is 4. The average Bonchev–Trinajstić information content (AvgIpc) is 2.54. The molecule has 2 amide bonds. The highest BCUT2D eigenvalue weighted by Gasteiger charge is 2.35. The predicted molar refractivity (Wildman–Crippen MR) is 83.4 cm³/mol. The van der Waals surface area contributed by atoms with Crippen molar-refractivity contribution in [3.63, 3.8) is 0 Å². The molecule has 25 heavy (non-hydrogen) atoms. The van der Waals surface area contributed by atoms with Crippen LogP contribution in [0.5, 0.6) is 0 Å². The fourth-order valence-electron chi connectivity index (χ4n) is 2.86. The van der Waals surface area contributed by atoms with Crippen LogP contribution in [0, 0.1) is 5.82 Å². The molecule has 2 rings (SSSR count). The van der Waals surface area contributed by atoms with Gasteiger partial charge in [-0.15, -0.1) is 0 Å². The van der Waals surface area contributed by atoms with Crippen LogP contribution in [0.25, 0.3) is 0 Å². The highest BCUT2D eigenvalue weighted by atomic mass is 19.4. The zero-order chi connectivity index (χ0) is 18.6. The van der Waals surface area contributed by atoms with Gasteiger partial charge in [0.15, 0.2) is 0 Å². The van der Waals surface area contributed by atoms with Gasteiger partial charge in [-0.25, -0.2) is 4.39 Å². The SMILES string of the molecule is CCCC(=O)NC1CCCN(C(=O)c2ccc(F)c(C(F)(F)F)c2)C1. The number of piperidine rings is 1. The summed E-state index contributed by atoms with van der Waals surface area (Å²) in [5, 5.41) is 2.83. The lowest BCUT2D eigenvalue weighted by Gasteiger charge is -2.33. The van der Waals surface area contributed by atoms with Gasteiger partial charge in [-0.2, -0.15) is 13.2 Å². The molecule has 1 unspecified atom stereocenters. The van der Waals surface area contributed by atoms with Crippen LogP contribution < -0.4 is 5.32 Å². The Morgan fingerprint density at radius 3 is 2.68 bits per heavy atom. The molecule has 0 bridgehead atoms. The number of benzene rings is 1. The zero-order valence-electron chi connectivity index (χ0n) is 13.8. The predicted octanol–water partition coefficient (Wildman–Crippen LogP) is 3.37. The number of hydrogen-bond acceptors (Lipinski definition) is 2. The number of halogens is 4. The maximum atomic E-state index is 13.4. The van der Waals surface area contributed by atoms with Crippen LogP contribution in [0.1, 0.15) is 48.5 Å². The molecule has 4 nitrogen and oxygen atoms in total. The summed E-state index contributed by atoms with van der Waals surface area (Å²) in [6.07, 6.45) is -2.43. The first-order valence-corrected chi connectivity index (χ1v) is 8.17. The highest BCUT2D eigenvalue weighted by molar-refractivity contribution is 5.94. The van der Waals surface area contributed by atoms with E-state index in [1.54, 1.807) is 0 Å². The first-order valence-electron chi connectivity index (χ1n) is 8.17. The van der Waals surface area contributed by atoms with Crippen LogP contribution in [0.4, 0.5) is 17.6 Å². The van der Waals surface area contributed by atoms with Gasteiger partial charge in [0.05, 0.1) is 5.56 Å². The van der Waals surface area contributed by atoms with Crippen LogP contribution in [0.2, 0.25) is 0 Å². The van der Waals surface area contributed by atoms with E-state index < -0.39 is 23.5 Å². The summed E-state index contributed by atoms with van der Waals surface area (Å²) in [4.78, 5) is 25.5. The van der Waals surface area contributed by atoms with Crippen LogP contribution in [0.3, 0.4) is 0 Å². The molecule has 1 atom stereocenters. The second-order valence-electron chi connectivity index (χ2n) is 6.10. The molecule has 1 heterocycles. The summed E-state index contributed by atoms with van der Waals surface area (Å²) in [6.45, 7) is 2.49. The molecule has 1 N–H and O–H groups in total. The second kappa shape index (κ2) is 7.84. The van der Waals surface area contributed by atoms with Crippen molar-refractivity contribution in [2.45, 2.75) is 44.8 Å². The molecule has 1 aromatic rings. The Morgan fingerprint density at radius 2 is 2.04 bits per heavy atom. The molecule has 0 saturated carbocycles. The Morgan fingerprint density at radius 1 is 1.32 bits per heavy atom. The summed E-state index contributed by atoms with van der Waals surface area (Å²) in [5.74, 6) is -2.12. The van der Waals surface area contributed by atoms with E-state index in [0.29, 0.717) is 44.4 Å². The lowest BCUT2D eigenvalue weighted by atomic mass is 10.0. The van der Waals surface area contributed by atoms with Gasteiger partial charge in [0.2, 0.25) is 5.91 Å². The number of hydrogen-bond donors (Lipinski definition) is 1. The van der Waals surface area contributed by atoms with E-state index in [-0.39, 0.29) is 24.1 Å². The maximum absolute atomic E-state index is 13.4. The highest BCUT2D eigenvalue weighted by Crippen LogP contribution is 2.32. The van der Waals surface area contributed by atoms with E-state index in [1.807, 2.05) is 6.92 Å². The third-order valence-electron chi connectivity index (χ3n) is 4.07. The van der Waals surface area contributed by atoms with Crippen molar-refractivity contribution in [2.24, 2.45) is 0 Å². The average molecular weight is 360 g/mol. The summed E-state index contributed by atoms with van der Waals surface area (Å²) >= 11 is 0. The number of carbonyl (C=O) groups is 2. The molecule has 138 valence electrons. The van der Waals surface area contributed by atoms with E-state index in [0.717, 1.165) is 6.07 Å². The van der Waals surface area contributed by atoms with Gasteiger partial charge in [-0.3, -0.25) is 9.59 Å². The van der Waals surface area contributed by atoms with Crippen LogP contribution >= 0.6 is 0 Å². The van der Waals surface area contributed by atoms with E-state index in [9.17, 15) is 27.2 Å². The van der Waals surface area contributed by atoms with Crippen LogP contribution in [-0.4, -0.2) is 35.8 Å². The van der Waals surface area contributed by atoms with Crippen molar-refractivity contribution in [3.05, 3.63) is 35.1 Å². The first kappa shape index (κ1) is 19.2. The van der Waals surface area contributed by atoms with Gasteiger partial charge in [0.1, 0.15) is 5.82 Å². The minimum absolute atomic E-state index is 0.108. The van der Waals surface area contributed by atoms with Crippen molar-refractivity contribution in [2.75, 3.05) is 13.1 Å². The molecule has 0 radical (unpaired) electrons. The van der Waals surface area contributed by atoms with E-state index in [2.05, 4.69) is 5.32 Å². The van der Waals surface area contributed by atoms with E-state index in [4.69, 9.17) is 0 Å². The second-order valence-corrected chi connectivity index (χ2v) is 6.10. The normalized spacial score (nSPS) is 18.1. The van der Waals surface area contributed by atoms with Gasteiger partial charge in [0.25, 0.3) is 5.91 Å². The molecular formula is C17H20F4N2O2. The maximum Gasteiger partial charge on any atom is 0.419 e. The third kappa shape index (κ3) is 4.93. The van der Waals surface area contributed by atoms with E-state index in [1.165, 1.54) is 4.90 Å². The third-order valence-corrected chi connectivity index (χ3v) is 4.07. The molecule has 1 aromatic carbocycles. The van der Waals surface area contributed by atoms with Crippen molar-refractivity contribution in [1.82, 2.24) is 10.2 Å². The van der Waals surface area contributed by atoms with E-state index >= 15 is 0 Å². The number of carbonyl (C=O) groups excluding carboxylic acids is 2. The van der Waals surface area contributed by atoms with Crippen molar-refractivity contribution < 1.29 is 27.2 Å². The molecule has 8 heteroatoms. The quantitative estimate of drug-likeness (QED) is 0.837. The molecular weight excluding hydrogens is 340 g/mol. The summed E-state index contributed by atoms with van der Waals surface area (Å²) in [5.41, 5.74) is -1.67. The molecule has 1 aliphatic rings. The number of nitrogens with zero attached hydrogens (tertiary/aromatic N) is 1. The Labute approximate surface area is 143 Å². The largest absolute Gasteiger partial charge is 0.419 e. The van der Waals surface area contributed by atoms with Gasteiger partial charge in [-0.05, 0) is 37.5 Å². The van der Waals surface area contributed by atoms with Gasteiger partial charge >= 0.3 is 6.18 Å². The Hall–Kier alpha value is -2.12. The number of amides is 2. The Bertz CT molecular complexity index is 646. The fourth-order valence-corrected chi connectivity index (χ4v) is 2.86. The van der Waals surface area contributed by atoms with Gasteiger partial charge < -0.3 is 10.2 Å². The van der Waals surface area contributed by atoms with Crippen LogP contribution in [0.15, 0.2) is 18.2 Å². The zero-order valence-corrected chi connectivity index (χ0v) is 13.8. The molecule has 0 aliphatic carbocycles. The number of nitrogens with one attached hydrogen (secondary N) is 1. The molecule has 1 aliphatic heterocycles. The Kier molecular flexibility index (Phi) is 6.02. The van der Waals surface area contributed by atoms with Crippen molar-refractivity contribution in [1.29, 1.82) is 0 Å². The first-order chi connectivity index (χ1) is 11.7. The minimum atomic E-state index is -4.86.